The third kappa shape index (κ3) is 1.91. The van der Waals surface area contributed by atoms with Crippen molar-refractivity contribution in [2.45, 2.75) is 20.0 Å². The molecule has 0 fully saturated rings. The molecule has 1 aromatic heterocycles. The molecule has 3 aromatic rings. The fourth-order valence-electron chi connectivity index (χ4n) is 2.40. The van der Waals surface area contributed by atoms with Gasteiger partial charge in [0.05, 0.1) is 5.56 Å². The molecule has 0 aliphatic rings. The molecule has 0 atom stereocenters. The van der Waals surface area contributed by atoms with E-state index in [1.165, 1.54) is 18.3 Å². The molecule has 98 valence electrons. The first-order chi connectivity index (χ1) is 8.88. The largest absolute Gasteiger partial charge is 0.418 e. The number of aryl methyl sites for hydroxylation is 2. The van der Waals surface area contributed by atoms with E-state index in [-0.39, 0.29) is 5.56 Å². The van der Waals surface area contributed by atoms with E-state index >= 15 is 0 Å². The van der Waals surface area contributed by atoms with Crippen LogP contribution in [0.2, 0.25) is 0 Å². The van der Waals surface area contributed by atoms with Gasteiger partial charge in [-0.25, -0.2) is 0 Å². The summed E-state index contributed by atoms with van der Waals surface area (Å²) in [6.45, 7) is 3.46. The Balaban J connectivity index is 2.50. The third-order valence-electron chi connectivity index (χ3n) is 3.29. The molecule has 0 amide bonds. The topological polar surface area (TPSA) is 0 Å². The number of hydrogen-bond donors (Lipinski definition) is 0. The summed E-state index contributed by atoms with van der Waals surface area (Å²) in [4.78, 5) is 0. The van der Waals surface area contributed by atoms with Crippen LogP contribution in [0.4, 0.5) is 13.2 Å². The van der Waals surface area contributed by atoms with Gasteiger partial charge in [-0.05, 0) is 31.0 Å². The van der Waals surface area contributed by atoms with Gasteiger partial charge in [-0.1, -0.05) is 24.3 Å². The molecular weight excluding hydrogens is 269 g/mol. The van der Waals surface area contributed by atoms with E-state index in [0.717, 1.165) is 15.6 Å². The predicted molar refractivity (Wildman–Crippen MR) is 73.8 cm³/mol. The van der Waals surface area contributed by atoms with Crippen LogP contribution >= 0.6 is 11.3 Å². The summed E-state index contributed by atoms with van der Waals surface area (Å²) in [6.07, 6.45) is -4.31. The van der Waals surface area contributed by atoms with Gasteiger partial charge in [0.25, 0.3) is 0 Å². The molecule has 3 rings (SSSR count). The van der Waals surface area contributed by atoms with Crippen LogP contribution in [0.15, 0.2) is 30.3 Å². The highest BCUT2D eigenvalue weighted by atomic mass is 32.1. The number of fused-ring (bicyclic) bond motifs is 3. The zero-order chi connectivity index (χ0) is 13.8. The van der Waals surface area contributed by atoms with Crippen molar-refractivity contribution in [3.63, 3.8) is 0 Å². The average Bonchev–Trinajstić information content (AvgIpc) is 2.63. The Labute approximate surface area is 112 Å². The van der Waals surface area contributed by atoms with Gasteiger partial charge in [0.1, 0.15) is 0 Å². The van der Waals surface area contributed by atoms with Crippen molar-refractivity contribution in [3.05, 3.63) is 47.0 Å². The van der Waals surface area contributed by atoms with Crippen molar-refractivity contribution in [1.29, 1.82) is 0 Å². The Morgan fingerprint density at radius 2 is 1.63 bits per heavy atom. The van der Waals surface area contributed by atoms with E-state index in [4.69, 9.17) is 0 Å². The average molecular weight is 280 g/mol. The lowest BCUT2D eigenvalue weighted by Gasteiger charge is -2.10. The van der Waals surface area contributed by atoms with Crippen molar-refractivity contribution in [1.82, 2.24) is 0 Å². The molecular formula is C15H11F3S. The molecule has 0 aliphatic carbocycles. The van der Waals surface area contributed by atoms with Crippen molar-refractivity contribution in [2.75, 3.05) is 0 Å². The SMILES string of the molecule is Cc1ccc2c(c1)sc1c(C(F)(F)F)c(C)ccc12. The monoisotopic (exact) mass is 280 g/mol. The van der Waals surface area contributed by atoms with E-state index in [0.29, 0.717) is 10.1 Å². The van der Waals surface area contributed by atoms with Gasteiger partial charge in [0.15, 0.2) is 0 Å². The van der Waals surface area contributed by atoms with Crippen molar-refractivity contribution < 1.29 is 13.2 Å². The van der Waals surface area contributed by atoms with Gasteiger partial charge in [-0.15, -0.1) is 11.3 Å². The summed E-state index contributed by atoms with van der Waals surface area (Å²) in [5.41, 5.74) is 0.844. The Kier molecular flexibility index (Phi) is 2.61. The first-order valence-corrected chi connectivity index (χ1v) is 6.69. The molecule has 0 unspecified atom stereocenters. The maximum atomic E-state index is 13.2. The fraction of sp³-hybridized carbons (Fsp3) is 0.200. The number of benzene rings is 2. The Morgan fingerprint density at radius 1 is 0.947 bits per heavy atom. The number of thiophene rings is 1. The van der Waals surface area contributed by atoms with Gasteiger partial charge in [0, 0.05) is 20.2 Å². The van der Waals surface area contributed by atoms with E-state index in [1.54, 1.807) is 12.1 Å². The van der Waals surface area contributed by atoms with Crippen LogP contribution in [0.25, 0.3) is 20.2 Å². The van der Waals surface area contributed by atoms with Crippen molar-refractivity contribution >= 4 is 31.5 Å². The molecule has 2 aromatic carbocycles. The minimum atomic E-state index is -4.31. The zero-order valence-electron chi connectivity index (χ0n) is 10.4. The first-order valence-electron chi connectivity index (χ1n) is 5.87. The number of rotatable bonds is 0. The molecule has 4 heteroatoms. The van der Waals surface area contributed by atoms with Gasteiger partial charge in [0.2, 0.25) is 0 Å². The lowest BCUT2D eigenvalue weighted by Crippen LogP contribution is -2.07. The molecule has 0 aliphatic heterocycles. The van der Waals surface area contributed by atoms with Gasteiger partial charge < -0.3 is 0 Å². The summed E-state index contributed by atoms with van der Waals surface area (Å²) >= 11 is 1.22. The molecule has 0 radical (unpaired) electrons. The summed E-state index contributed by atoms with van der Waals surface area (Å²) in [6, 6.07) is 9.11. The molecule has 0 spiro atoms. The molecule has 1 heterocycles. The summed E-state index contributed by atoms with van der Waals surface area (Å²) in [7, 11) is 0. The molecule has 0 saturated carbocycles. The normalized spacial score (nSPS) is 12.5. The molecule has 19 heavy (non-hydrogen) atoms. The fourth-order valence-corrected chi connectivity index (χ4v) is 3.82. The summed E-state index contributed by atoms with van der Waals surface area (Å²) < 4.78 is 40.8. The van der Waals surface area contributed by atoms with Crippen LogP contribution in [0, 0.1) is 13.8 Å². The first kappa shape index (κ1) is 12.5. The number of hydrogen-bond acceptors (Lipinski definition) is 1. The minimum Gasteiger partial charge on any atom is -0.166 e. The highest BCUT2D eigenvalue weighted by Crippen LogP contribution is 2.43. The van der Waals surface area contributed by atoms with Crippen LogP contribution in [0.5, 0.6) is 0 Å². The predicted octanol–water partition coefficient (Wildman–Crippen LogP) is 5.69. The third-order valence-corrected chi connectivity index (χ3v) is 4.47. The van der Waals surface area contributed by atoms with Crippen LogP contribution in [-0.4, -0.2) is 0 Å². The van der Waals surface area contributed by atoms with Crippen molar-refractivity contribution in [2.24, 2.45) is 0 Å². The van der Waals surface area contributed by atoms with E-state index in [2.05, 4.69) is 0 Å². The summed E-state index contributed by atoms with van der Waals surface area (Å²) in [5, 5.41) is 1.59. The summed E-state index contributed by atoms with van der Waals surface area (Å²) in [5.74, 6) is 0. The number of halogens is 3. The van der Waals surface area contributed by atoms with Gasteiger partial charge >= 0.3 is 6.18 Å². The van der Waals surface area contributed by atoms with Crippen LogP contribution < -0.4 is 0 Å². The quantitative estimate of drug-likeness (QED) is 0.496. The minimum absolute atomic E-state index is 0.281. The zero-order valence-corrected chi connectivity index (χ0v) is 11.2. The Hall–Kier alpha value is -1.55. The molecule has 0 saturated heterocycles. The van der Waals surface area contributed by atoms with E-state index < -0.39 is 11.7 Å². The van der Waals surface area contributed by atoms with E-state index in [1.807, 2.05) is 25.1 Å². The Bertz CT molecular complexity index is 781. The second-order valence-corrected chi connectivity index (χ2v) is 5.79. The molecule has 0 N–H and O–H groups in total. The van der Waals surface area contributed by atoms with Crippen molar-refractivity contribution in [3.8, 4) is 0 Å². The molecule has 0 bridgehead atoms. The second-order valence-electron chi connectivity index (χ2n) is 4.73. The van der Waals surface area contributed by atoms with Gasteiger partial charge in [-0.3, -0.25) is 0 Å². The lowest BCUT2D eigenvalue weighted by atomic mass is 10.0. The highest BCUT2D eigenvalue weighted by Gasteiger charge is 2.35. The maximum Gasteiger partial charge on any atom is 0.418 e. The van der Waals surface area contributed by atoms with Crippen LogP contribution in [0.3, 0.4) is 0 Å². The highest BCUT2D eigenvalue weighted by molar-refractivity contribution is 7.26. The maximum absolute atomic E-state index is 13.2. The Morgan fingerprint density at radius 3 is 2.32 bits per heavy atom. The van der Waals surface area contributed by atoms with Crippen LogP contribution in [-0.2, 0) is 6.18 Å². The van der Waals surface area contributed by atoms with Crippen LogP contribution in [0.1, 0.15) is 16.7 Å². The second kappa shape index (κ2) is 3.97. The lowest BCUT2D eigenvalue weighted by molar-refractivity contribution is -0.136. The van der Waals surface area contributed by atoms with Gasteiger partial charge in [-0.2, -0.15) is 13.2 Å². The van der Waals surface area contributed by atoms with E-state index in [9.17, 15) is 13.2 Å². The number of alkyl halides is 3. The standard InChI is InChI=1S/C15H11F3S/c1-8-3-5-10-11-6-4-9(2)13(15(16,17)18)14(11)19-12(10)7-8/h3-7H,1-2H3. The smallest absolute Gasteiger partial charge is 0.166 e. The molecule has 0 nitrogen and oxygen atoms in total.